The van der Waals surface area contributed by atoms with Gasteiger partial charge in [0.15, 0.2) is 7.28 Å². The first-order valence-corrected chi connectivity index (χ1v) is 9.83. The van der Waals surface area contributed by atoms with E-state index in [9.17, 15) is 0 Å². The van der Waals surface area contributed by atoms with Gasteiger partial charge in [0.05, 0.1) is 0 Å². The van der Waals surface area contributed by atoms with Gasteiger partial charge in [-0.15, -0.1) is 0 Å². The molecule has 0 saturated carbocycles. The fourth-order valence-corrected chi connectivity index (χ4v) is 2.77. The minimum atomic E-state index is 1.01. The van der Waals surface area contributed by atoms with Crippen molar-refractivity contribution in [2.24, 2.45) is 0 Å². The molecule has 0 amide bonds. The van der Waals surface area contributed by atoms with Crippen LogP contribution in [0.15, 0.2) is 60.8 Å². The van der Waals surface area contributed by atoms with Crippen LogP contribution in [0, 0.1) is 6.92 Å². The number of imidazole rings is 1. The van der Waals surface area contributed by atoms with E-state index in [4.69, 9.17) is 0 Å². The second-order valence-corrected chi connectivity index (χ2v) is 6.78. The van der Waals surface area contributed by atoms with Gasteiger partial charge >= 0.3 is 0 Å². The monoisotopic (exact) mass is 346 g/mol. The lowest BCUT2D eigenvalue weighted by Gasteiger charge is -2.01. The first-order chi connectivity index (χ1) is 12.7. The van der Waals surface area contributed by atoms with Crippen LogP contribution in [0.5, 0.6) is 0 Å². The Hall–Kier alpha value is -2.29. The van der Waals surface area contributed by atoms with E-state index in [-0.39, 0.29) is 0 Å². The first kappa shape index (κ1) is 20.0. The Morgan fingerprint density at radius 2 is 1.69 bits per heavy atom. The van der Waals surface area contributed by atoms with Crippen LogP contribution >= 0.6 is 0 Å². The highest BCUT2D eigenvalue weighted by atomic mass is 14.9. The highest BCUT2D eigenvalue weighted by Crippen LogP contribution is 2.03. The van der Waals surface area contributed by atoms with Crippen molar-refractivity contribution in [2.75, 3.05) is 0 Å². The number of hydrogen-bond acceptors (Lipinski definition) is 1. The molecule has 0 fully saturated rings. The van der Waals surface area contributed by atoms with E-state index in [1.807, 2.05) is 6.20 Å². The van der Waals surface area contributed by atoms with Crippen molar-refractivity contribution in [3.63, 3.8) is 0 Å². The Balaban J connectivity index is 0.000000197. The van der Waals surface area contributed by atoms with Crippen molar-refractivity contribution < 1.29 is 0 Å². The highest BCUT2D eigenvalue weighted by molar-refractivity contribution is 6.52. The van der Waals surface area contributed by atoms with Gasteiger partial charge in [0.25, 0.3) is 0 Å². The lowest BCUT2D eigenvalue weighted by Crippen LogP contribution is -2.15. The summed E-state index contributed by atoms with van der Waals surface area (Å²) in [4.78, 5) is 7.52. The summed E-state index contributed by atoms with van der Waals surface area (Å²) in [7, 11) is 1.13. The summed E-state index contributed by atoms with van der Waals surface area (Å²) < 4.78 is 0. The van der Waals surface area contributed by atoms with Crippen LogP contribution in [0.2, 0.25) is 0 Å². The Morgan fingerprint density at radius 1 is 0.962 bits per heavy atom. The molecule has 3 heteroatoms. The summed E-state index contributed by atoms with van der Waals surface area (Å²) in [5, 5.41) is 0. The molecule has 0 bridgehead atoms. The topological polar surface area (TPSA) is 28.7 Å². The zero-order valence-electron chi connectivity index (χ0n) is 16.5. The second-order valence-electron chi connectivity index (χ2n) is 6.78. The lowest BCUT2D eigenvalue weighted by molar-refractivity contribution is 0.777. The van der Waals surface area contributed by atoms with E-state index < -0.39 is 0 Å². The Morgan fingerprint density at radius 3 is 2.31 bits per heavy atom. The molecule has 1 heterocycles. The highest BCUT2D eigenvalue weighted by Gasteiger charge is 1.97. The molecular formula is C23H31BN2. The smallest absolute Gasteiger partial charge is 0.162 e. The number of aromatic amines is 1. The summed E-state index contributed by atoms with van der Waals surface area (Å²) in [6.45, 7) is 6.44. The Kier molecular flexibility index (Phi) is 8.75. The molecular weight excluding hydrogens is 315 g/mol. The molecule has 0 saturated heterocycles. The minimum absolute atomic E-state index is 1.01. The number of aromatic nitrogens is 2. The summed E-state index contributed by atoms with van der Waals surface area (Å²) >= 11 is 0. The van der Waals surface area contributed by atoms with Gasteiger partial charge in [0.2, 0.25) is 0 Å². The fraction of sp³-hybridized carbons (Fsp3) is 0.348. The second kappa shape index (κ2) is 11.4. The molecule has 0 unspecified atom stereocenters. The molecule has 1 aromatic heterocycles. The van der Waals surface area contributed by atoms with Crippen LogP contribution in [0.1, 0.15) is 49.3 Å². The summed E-state index contributed by atoms with van der Waals surface area (Å²) in [6, 6.07) is 19.4. The van der Waals surface area contributed by atoms with Gasteiger partial charge in [0.1, 0.15) is 5.82 Å². The number of aryl methyl sites for hydroxylation is 3. The number of H-pyrrole nitrogens is 1. The summed E-state index contributed by atoms with van der Waals surface area (Å²) in [5.74, 6) is 1.11. The van der Waals surface area contributed by atoms with Gasteiger partial charge in [-0.05, 0) is 26.1 Å². The SMILES string of the molecule is CCCCc1cnc(CC)[nH]1.Cc1ccc(CBc2ccccc2)cc1. The summed E-state index contributed by atoms with van der Waals surface area (Å²) in [6.07, 6.45) is 7.74. The molecule has 26 heavy (non-hydrogen) atoms. The number of nitrogens with zero attached hydrogens (tertiary/aromatic N) is 1. The van der Waals surface area contributed by atoms with Crippen LogP contribution in [-0.2, 0) is 19.2 Å². The number of unbranched alkanes of at least 4 members (excludes halogenated alkanes) is 1. The van der Waals surface area contributed by atoms with Crippen LogP contribution in [0.3, 0.4) is 0 Å². The zero-order valence-corrected chi connectivity index (χ0v) is 16.5. The zero-order chi connectivity index (χ0) is 18.6. The van der Waals surface area contributed by atoms with E-state index >= 15 is 0 Å². The molecule has 136 valence electrons. The molecule has 0 atom stereocenters. The van der Waals surface area contributed by atoms with E-state index in [2.05, 4.69) is 85.3 Å². The third-order valence-corrected chi connectivity index (χ3v) is 4.48. The van der Waals surface area contributed by atoms with Crippen molar-refractivity contribution in [1.82, 2.24) is 9.97 Å². The number of benzene rings is 2. The normalized spacial score (nSPS) is 10.1. The van der Waals surface area contributed by atoms with Gasteiger partial charge in [-0.1, -0.05) is 91.5 Å². The predicted octanol–water partition coefficient (Wildman–Crippen LogP) is 4.57. The molecule has 2 aromatic carbocycles. The van der Waals surface area contributed by atoms with Crippen molar-refractivity contribution >= 4 is 12.7 Å². The molecule has 3 aromatic rings. The van der Waals surface area contributed by atoms with Crippen molar-refractivity contribution in [2.45, 2.75) is 52.8 Å². The molecule has 0 aliphatic rings. The first-order valence-electron chi connectivity index (χ1n) is 9.83. The molecule has 0 aliphatic heterocycles. The van der Waals surface area contributed by atoms with Gasteiger partial charge in [-0.3, -0.25) is 0 Å². The van der Waals surface area contributed by atoms with E-state index in [0.29, 0.717) is 0 Å². The molecule has 0 radical (unpaired) electrons. The fourth-order valence-electron chi connectivity index (χ4n) is 2.77. The number of hydrogen-bond donors (Lipinski definition) is 1. The maximum absolute atomic E-state index is 4.23. The average molecular weight is 346 g/mol. The van der Waals surface area contributed by atoms with E-state index in [0.717, 1.165) is 32.3 Å². The number of nitrogens with one attached hydrogen (secondary N) is 1. The van der Waals surface area contributed by atoms with Crippen LogP contribution in [-0.4, -0.2) is 17.2 Å². The third kappa shape index (κ3) is 7.31. The molecule has 3 rings (SSSR count). The molecule has 2 nitrogen and oxygen atoms in total. The van der Waals surface area contributed by atoms with Crippen LogP contribution in [0.4, 0.5) is 0 Å². The lowest BCUT2D eigenvalue weighted by atomic mass is 9.65. The van der Waals surface area contributed by atoms with Crippen molar-refractivity contribution in [3.8, 4) is 0 Å². The van der Waals surface area contributed by atoms with E-state index in [1.165, 1.54) is 35.1 Å². The standard InChI is InChI=1S/C14H15B.C9H16N2/c1-12-7-9-13(10-8-12)11-15-14-5-3-2-4-6-14;1-3-5-6-8-7-10-9(4-2)11-8/h2-10,15H,11H2,1H3;7H,3-6H2,1-2H3,(H,10,11). The third-order valence-electron chi connectivity index (χ3n) is 4.48. The van der Waals surface area contributed by atoms with Crippen LogP contribution < -0.4 is 5.46 Å². The Labute approximate surface area is 159 Å². The van der Waals surface area contributed by atoms with Gasteiger partial charge in [-0.25, -0.2) is 4.98 Å². The molecule has 0 spiro atoms. The van der Waals surface area contributed by atoms with Gasteiger partial charge in [0, 0.05) is 18.3 Å². The van der Waals surface area contributed by atoms with Gasteiger partial charge in [-0.2, -0.15) is 0 Å². The molecule has 1 N–H and O–H groups in total. The minimum Gasteiger partial charge on any atom is -0.346 e. The van der Waals surface area contributed by atoms with E-state index in [1.54, 1.807) is 0 Å². The maximum Gasteiger partial charge on any atom is 0.162 e. The van der Waals surface area contributed by atoms with Crippen molar-refractivity contribution in [1.29, 1.82) is 0 Å². The summed E-state index contributed by atoms with van der Waals surface area (Å²) in [5.41, 5.74) is 5.45. The Bertz CT molecular complexity index is 732. The van der Waals surface area contributed by atoms with Gasteiger partial charge < -0.3 is 4.98 Å². The van der Waals surface area contributed by atoms with Crippen molar-refractivity contribution in [3.05, 3.63) is 83.4 Å². The largest absolute Gasteiger partial charge is 0.346 e. The molecule has 0 aliphatic carbocycles. The number of rotatable bonds is 7. The quantitative estimate of drug-likeness (QED) is 0.624. The van der Waals surface area contributed by atoms with Crippen LogP contribution in [0.25, 0.3) is 0 Å². The average Bonchev–Trinajstić information content (AvgIpc) is 3.15. The predicted molar refractivity (Wildman–Crippen MR) is 115 cm³/mol. The maximum atomic E-state index is 4.23.